The molecule has 0 fully saturated rings. The van der Waals surface area contributed by atoms with E-state index in [1.807, 2.05) is 0 Å². The van der Waals surface area contributed by atoms with E-state index in [4.69, 9.17) is 5.73 Å². The number of aromatic nitrogens is 2. The number of carbonyl (C=O) groups excluding carboxylic acids is 1. The monoisotopic (exact) mass is 193 g/mol. The van der Waals surface area contributed by atoms with Crippen molar-refractivity contribution in [1.29, 1.82) is 0 Å². The highest BCUT2D eigenvalue weighted by Gasteiger charge is 2.25. The zero-order chi connectivity index (χ0) is 10.1. The van der Waals surface area contributed by atoms with Gasteiger partial charge < -0.3 is 5.73 Å². The average molecular weight is 193 g/mol. The number of nitrogens with two attached hydrogens (primary N) is 1. The fourth-order valence-corrected chi connectivity index (χ4v) is 1.35. The Bertz CT molecular complexity index is 394. The van der Waals surface area contributed by atoms with Crippen LogP contribution >= 0.6 is 0 Å². The van der Waals surface area contributed by atoms with Crippen LogP contribution < -0.4 is 10.7 Å². The second-order valence-corrected chi connectivity index (χ2v) is 3.07. The Balaban J connectivity index is 2.32. The van der Waals surface area contributed by atoms with Crippen molar-refractivity contribution in [3.63, 3.8) is 0 Å². The Morgan fingerprint density at radius 3 is 2.93 bits per heavy atom. The summed E-state index contributed by atoms with van der Waals surface area (Å²) in [5.74, 6) is 0.604. The van der Waals surface area contributed by atoms with E-state index < -0.39 is 0 Å². The van der Waals surface area contributed by atoms with Crippen LogP contribution in [0.4, 0.5) is 5.82 Å². The fourth-order valence-electron chi connectivity index (χ4n) is 1.35. The number of hydrazone groups is 1. The van der Waals surface area contributed by atoms with Gasteiger partial charge in [-0.3, -0.25) is 9.48 Å². The number of amides is 1. The number of rotatable bonds is 2. The van der Waals surface area contributed by atoms with E-state index in [1.165, 1.54) is 5.01 Å². The summed E-state index contributed by atoms with van der Waals surface area (Å²) in [6, 6.07) is 1.74. The second kappa shape index (κ2) is 3.22. The molecule has 1 aliphatic rings. The molecule has 0 radical (unpaired) electrons. The minimum atomic E-state index is -0.0611. The molecule has 0 unspecified atom stereocenters. The number of carbonyl (C=O) groups is 1. The molecule has 2 heterocycles. The summed E-state index contributed by atoms with van der Waals surface area (Å²) in [6.45, 7) is 0.320. The van der Waals surface area contributed by atoms with E-state index in [9.17, 15) is 4.79 Å². The molecule has 2 rings (SSSR count). The molecule has 2 N–H and O–H groups in total. The zero-order valence-corrected chi connectivity index (χ0v) is 7.84. The lowest BCUT2D eigenvalue weighted by atomic mass is 10.3. The first-order valence-corrected chi connectivity index (χ1v) is 4.29. The van der Waals surface area contributed by atoms with Crippen LogP contribution in [-0.2, 0) is 11.8 Å². The Morgan fingerprint density at radius 2 is 2.43 bits per heavy atom. The maximum absolute atomic E-state index is 11.5. The standard InChI is InChI=1S/C8H11N5O/c1-12-7(2-3-10-12)13-8(14)4-6(5-9)11-13/h2-3H,4-5,9H2,1H3. The number of nitrogens with zero attached hydrogens (tertiary/aromatic N) is 4. The first-order valence-electron chi connectivity index (χ1n) is 4.29. The quantitative estimate of drug-likeness (QED) is 0.686. The van der Waals surface area contributed by atoms with E-state index >= 15 is 0 Å². The van der Waals surface area contributed by atoms with Crippen LogP contribution in [-0.4, -0.2) is 27.9 Å². The fraction of sp³-hybridized carbons (Fsp3) is 0.375. The SMILES string of the molecule is Cn1nccc1N1N=C(CN)CC1=O. The van der Waals surface area contributed by atoms with E-state index in [2.05, 4.69) is 10.2 Å². The van der Waals surface area contributed by atoms with Crippen LogP contribution in [0.1, 0.15) is 6.42 Å². The lowest BCUT2D eigenvalue weighted by Gasteiger charge is -2.10. The molecule has 0 spiro atoms. The average Bonchev–Trinajstić information content (AvgIpc) is 2.72. The molecule has 0 atom stereocenters. The zero-order valence-electron chi connectivity index (χ0n) is 7.84. The molecular weight excluding hydrogens is 182 g/mol. The summed E-state index contributed by atoms with van der Waals surface area (Å²) in [7, 11) is 1.76. The van der Waals surface area contributed by atoms with Gasteiger partial charge in [0.05, 0.1) is 18.3 Å². The predicted molar refractivity (Wildman–Crippen MR) is 51.8 cm³/mol. The van der Waals surface area contributed by atoms with Crippen molar-refractivity contribution in [3.05, 3.63) is 12.3 Å². The summed E-state index contributed by atoms with van der Waals surface area (Å²) in [5.41, 5.74) is 6.12. The first kappa shape index (κ1) is 8.89. The van der Waals surface area contributed by atoms with Gasteiger partial charge in [0, 0.05) is 19.7 Å². The topological polar surface area (TPSA) is 76.5 Å². The molecule has 0 bridgehead atoms. The summed E-state index contributed by atoms with van der Waals surface area (Å²) < 4.78 is 1.60. The van der Waals surface area contributed by atoms with Crippen molar-refractivity contribution in [2.24, 2.45) is 17.9 Å². The largest absolute Gasteiger partial charge is 0.325 e. The van der Waals surface area contributed by atoms with Crippen molar-refractivity contribution >= 4 is 17.4 Å². The smallest absolute Gasteiger partial charge is 0.254 e. The molecule has 6 heteroatoms. The van der Waals surface area contributed by atoms with Crippen LogP contribution in [0.2, 0.25) is 0 Å². The second-order valence-electron chi connectivity index (χ2n) is 3.07. The first-order chi connectivity index (χ1) is 6.72. The highest BCUT2D eigenvalue weighted by molar-refractivity contribution is 6.13. The maximum atomic E-state index is 11.5. The predicted octanol–water partition coefficient (Wildman–Crippen LogP) is -0.528. The molecule has 1 aliphatic heterocycles. The Kier molecular flexibility index (Phi) is 2.05. The molecular formula is C8H11N5O. The van der Waals surface area contributed by atoms with Crippen molar-refractivity contribution < 1.29 is 4.79 Å². The summed E-state index contributed by atoms with van der Waals surface area (Å²) in [5, 5.41) is 9.42. The van der Waals surface area contributed by atoms with Gasteiger partial charge in [-0.2, -0.15) is 15.2 Å². The van der Waals surface area contributed by atoms with Gasteiger partial charge in [0.25, 0.3) is 5.91 Å². The highest BCUT2D eigenvalue weighted by Crippen LogP contribution is 2.18. The van der Waals surface area contributed by atoms with Gasteiger partial charge >= 0.3 is 0 Å². The highest BCUT2D eigenvalue weighted by atomic mass is 16.2. The summed E-state index contributed by atoms with van der Waals surface area (Å²) in [4.78, 5) is 11.5. The van der Waals surface area contributed by atoms with Crippen LogP contribution in [0.25, 0.3) is 0 Å². The Hall–Kier alpha value is -1.69. The molecule has 74 valence electrons. The van der Waals surface area contributed by atoms with Gasteiger partial charge in [-0.05, 0) is 0 Å². The van der Waals surface area contributed by atoms with E-state index in [1.54, 1.807) is 24.0 Å². The van der Waals surface area contributed by atoms with Crippen molar-refractivity contribution in [1.82, 2.24) is 9.78 Å². The van der Waals surface area contributed by atoms with Gasteiger partial charge in [0.15, 0.2) is 5.82 Å². The molecule has 0 aromatic carbocycles. The van der Waals surface area contributed by atoms with Gasteiger partial charge in [0.2, 0.25) is 0 Å². The summed E-state index contributed by atoms with van der Waals surface area (Å²) >= 11 is 0. The lowest BCUT2D eigenvalue weighted by molar-refractivity contribution is -0.117. The van der Waals surface area contributed by atoms with Gasteiger partial charge in [-0.1, -0.05) is 0 Å². The van der Waals surface area contributed by atoms with E-state index in [0.717, 1.165) is 0 Å². The van der Waals surface area contributed by atoms with Crippen molar-refractivity contribution in [3.8, 4) is 0 Å². The van der Waals surface area contributed by atoms with E-state index in [-0.39, 0.29) is 5.91 Å². The third kappa shape index (κ3) is 1.29. The molecule has 1 amide bonds. The Labute approximate surface area is 81.0 Å². The van der Waals surface area contributed by atoms with Crippen LogP contribution in [0, 0.1) is 0 Å². The Morgan fingerprint density at radius 1 is 1.64 bits per heavy atom. The number of anilines is 1. The third-order valence-electron chi connectivity index (χ3n) is 2.08. The van der Waals surface area contributed by atoms with Crippen molar-refractivity contribution in [2.45, 2.75) is 6.42 Å². The van der Waals surface area contributed by atoms with Gasteiger partial charge in [-0.15, -0.1) is 0 Å². The van der Waals surface area contributed by atoms with E-state index in [0.29, 0.717) is 24.5 Å². The molecule has 0 aliphatic carbocycles. The van der Waals surface area contributed by atoms with Crippen molar-refractivity contribution in [2.75, 3.05) is 11.6 Å². The van der Waals surface area contributed by atoms with Gasteiger partial charge in [0.1, 0.15) is 0 Å². The minimum Gasteiger partial charge on any atom is -0.325 e. The molecule has 14 heavy (non-hydrogen) atoms. The molecule has 1 aromatic heterocycles. The van der Waals surface area contributed by atoms with Crippen LogP contribution in [0.5, 0.6) is 0 Å². The van der Waals surface area contributed by atoms with Crippen LogP contribution in [0.3, 0.4) is 0 Å². The van der Waals surface area contributed by atoms with Crippen LogP contribution in [0.15, 0.2) is 17.4 Å². The lowest BCUT2D eigenvalue weighted by Crippen LogP contribution is -2.22. The molecule has 0 saturated carbocycles. The normalized spacial score (nSPS) is 16.3. The number of aryl methyl sites for hydroxylation is 1. The molecule has 0 saturated heterocycles. The number of hydrogen-bond donors (Lipinski definition) is 1. The molecule has 1 aromatic rings. The minimum absolute atomic E-state index is 0.0611. The van der Waals surface area contributed by atoms with Gasteiger partial charge in [-0.25, -0.2) is 0 Å². The third-order valence-corrected chi connectivity index (χ3v) is 2.08. The summed E-state index contributed by atoms with van der Waals surface area (Å²) in [6.07, 6.45) is 1.93. The number of hydrogen-bond acceptors (Lipinski definition) is 4. The maximum Gasteiger partial charge on any atom is 0.254 e. The molecule has 6 nitrogen and oxygen atoms in total.